The van der Waals surface area contributed by atoms with Crippen LogP contribution in [0.15, 0.2) is 23.1 Å². The number of nitrogens with one attached hydrogen (secondary N) is 1. The molecule has 0 aliphatic rings. The summed E-state index contributed by atoms with van der Waals surface area (Å²) in [6.45, 7) is 3.92. The highest BCUT2D eigenvalue weighted by Gasteiger charge is 2.22. The highest BCUT2D eigenvalue weighted by atomic mass is 32.2. The number of esters is 1. The predicted molar refractivity (Wildman–Crippen MR) is 81.1 cm³/mol. The third-order valence-electron chi connectivity index (χ3n) is 2.90. The largest absolute Gasteiger partial charge is 0.467 e. The summed E-state index contributed by atoms with van der Waals surface area (Å²) < 4.78 is 27.6. The summed E-state index contributed by atoms with van der Waals surface area (Å²) in [5, 5.41) is 8.02. The molecule has 1 aromatic rings. The molecule has 1 rings (SSSR count). The lowest BCUT2D eigenvalue weighted by molar-refractivity contribution is -0.141. The van der Waals surface area contributed by atoms with Gasteiger partial charge in [0.1, 0.15) is 10.9 Å². The highest BCUT2D eigenvalue weighted by Crippen LogP contribution is 2.27. The molecule has 5 N–H and O–H groups in total. The molecule has 0 aliphatic carbocycles. The van der Waals surface area contributed by atoms with E-state index in [4.69, 9.17) is 15.6 Å². The molecule has 0 fully saturated rings. The molecule has 21 heavy (non-hydrogen) atoms. The van der Waals surface area contributed by atoms with Crippen LogP contribution in [-0.2, 0) is 19.6 Å². The molecule has 7 nitrogen and oxygen atoms in total. The van der Waals surface area contributed by atoms with Gasteiger partial charge in [-0.1, -0.05) is 19.9 Å². The molecule has 1 unspecified atom stereocenters. The van der Waals surface area contributed by atoms with Crippen molar-refractivity contribution in [1.29, 1.82) is 0 Å². The lowest BCUT2D eigenvalue weighted by Gasteiger charge is -2.21. The van der Waals surface area contributed by atoms with Crippen molar-refractivity contribution in [2.45, 2.75) is 31.2 Å². The number of para-hydroxylation sites is 1. The summed E-state index contributed by atoms with van der Waals surface area (Å²) in [5.41, 5.74) is 6.13. The fourth-order valence-electron chi connectivity index (χ4n) is 1.93. The van der Waals surface area contributed by atoms with Gasteiger partial charge in [0.2, 0.25) is 10.0 Å². The number of carbonyl (C=O) groups is 1. The second-order valence-electron chi connectivity index (χ2n) is 5.11. The number of nitrogens with two attached hydrogens (primary N) is 2. The van der Waals surface area contributed by atoms with Crippen molar-refractivity contribution in [3.63, 3.8) is 0 Å². The molecule has 8 heteroatoms. The monoisotopic (exact) mass is 315 g/mol. The Balaban J connectivity index is 3.13. The van der Waals surface area contributed by atoms with Crippen molar-refractivity contribution in [3.05, 3.63) is 18.2 Å². The Morgan fingerprint density at radius 2 is 2.00 bits per heavy atom. The van der Waals surface area contributed by atoms with Gasteiger partial charge in [-0.05, 0) is 24.5 Å². The molecule has 0 amide bonds. The number of rotatable bonds is 6. The molecule has 118 valence electrons. The fourth-order valence-corrected chi connectivity index (χ4v) is 2.62. The van der Waals surface area contributed by atoms with Crippen molar-refractivity contribution in [1.82, 2.24) is 0 Å². The maximum Gasteiger partial charge on any atom is 0.328 e. The van der Waals surface area contributed by atoms with E-state index in [1.165, 1.54) is 19.2 Å². The molecule has 0 bridgehead atoms. The molecule has 0 heterocycles. The van der Waals surface area contributed by atoms with Gasteiger partial charge in [0, 0.05) is 0 Å². The van der Waals surface area contributed by atoms with E-state index < -0.39 is 22.0 Å². The van der Waals surface area contributed by atoms with E-state index >= 15 is 0 Å². The van der Waals surface area contributed by atoms with Crippen LogP contribution in [0, 0.1) is 5.92 Å². The third-order valence-corrected chi connectivity index (χ3v) is 3.86. The molecular weight excluding hydrogens is 294 g/mol. The predicted octanol–water partition coefficient (Wildman–Crippen LogP) is 0.916. The minimum atomic E-state index is -3.92. The van der Waals surface area contributed by atoms with Crippen molar-refractivity contribution < 1.29 is 17.9 Å². The number of hydrogen-bond acceptors (Lipinski definition) is 6. The number of nitrogen functional groups attached to an aromatic ring is 1. The molecule has 1 atom stereocenters. The van der Waals surface area contributed by atoms with Crippen LogP contribution in [0.5, 0.6) is 0 Å². The fraction of sp³-hybridized carbons (Fsp3) is 0.462. The van der Waals surface area contributed by atoms with Gasteiger partial charge in [-0.3, -0.25) is 0 Å². The van der Waals surface area contributed by atoms with Crippen LogP contribution >= 0.6 is 0 Å². The van der Waals surface area contributed by atoms with Crippen LogP contribution in [0.1, 0.15) is 20.3 Å². The maximum absolute atomic E-state index is 11.8. The smallest absolute Gasteiger partial charge is 0.328 e. The molecule has 0 spiro atoms. The van der Waals surface area contributed by atoms with Gasteiger partial charge in [0.15, 0.2) is 0 Å². The van der Waals surface area contributed by atoms with E-state index in [0.717, 1.165) is 0 Å². The maximum atomic E-state index is 11.8. The Kier molecular flexibility index (Phi) is 5.56. The van der Waals surface area contributed by atoms with Gasteiger partial charge in [0.25, 0.3) is 0 Å². The van der Waals surface area contributed by atoms with Gasteiger partial charge in [-0.25, -0.2) is 18.4 Å². The molecule has 0 aliphatic heterocycles. The van der Waals surface area contributed by atoms with Crippen molar-refractivity contribution in [2.75, 3.05) is 18.2 Å². The zero-order valence-corrected chi connectivity index (χ0v) is 13.1. The average Bonchev–Trinajstić information content (AvgIpc) is 2.37. The second kappa shape index (κ2) is 6.77. The zero-order chi connectivity index (χ0) is 16.2. The van der Waals surface area contributed by atoms with E-state index in [1.54, 1.807) is 6.07 Å². The molecule has 0 aromatic heterocycles. The first-order valence-electron chi connectivity index (χ1n) is 6.42. The van der Waals surface area contributed by atoms with Crippen LogP contribution in [-0.4, -0.2) is 27.5 Å². The third kappa shape index (κ3) is 4.61. The number of carbonyl (C=O) groups excluding carboxylic acids is 1. The number of sulfonamides is 1. The van der Waals surface area contributed by atoms with Crippen molar-refractivity contribution in [2.24, 2.45) is 11.1 Å². The molecule has 0 saturated heterocycles. The van der Waals surface area contributed by atoms with E-state index in [2.05, 4.69) is 5.32 Å². The zero-order valence-electron chi connectivity index (χ0n) is 12.3. The number of benzene rings is 1. The van der Waals surface area contributed by atoms with Crippen LogP contribution in [0.25, 0.3) is 0 Å². The molecule has 0 radical (unpaired) electrons. The van der Waals surface area contributed by atoms with E-state index in [9.17, 15) is 13.2 Å². The minimum Gasteiger partial charge on any atom is -0.467 e. The normalized spacial score (nSPS) is 13.0. The van der Waals surface area contributed by atoms with Crippen LogP contribution in [0.3, 0.4) is 0 Å². The molecule has 0 saturated carbocycles. The summed E-state index contributed by atoms with van der Waals surface area (Å²) in [4.78, 5) is 11.6. The van der Waals surface area contributed by atoms with E-state index in [-0.39, 0.29) is 16.5 Å². The Hall–Kier alpha value is -1.80. The van der Waals surface area contributed by atoms with Gasteiger partial charge in [-0.15, -0.1) is 0 Å². The summed E-state index contributed by atoms with van der Waals surface area (Å²) in [6.07, 6.45) is 0.520. The minimum absolute atomic E-state index is 0.0161. The van der Waals surface area contributed by atoms with Gasteiger partial charge in [0.05, 0.1) is 18.5 Å². The Labute approximate surface area is 124 Å². The van der Waals surface area contributed by atoms with Crippen molar-refractivity contribution in [3.8, 4) is 0 Å². The lowest BCUT2D eigenvalue weighted by atomic mass is 10.0. The SMILES string of the molecule is COC(=O)C(CC(C)C)Nc1cccc(S(N)(=O)=O)c1N. The molecular formula is C13H21N3O4S. The Morgan fingerprint density at radius 1 is 1.38 bits per heavy atom. The Morgan fingerprint density at radius 3 is 2.48 bits per heavy atom. The first-order valence-corrected chi connectivity index (χ1v) is 7.97. The summed E-state index contributed by atoms with van der Waals surface area (Å²) in [7, 11) is -2.63. The summed E-state index contributed by atoms with van der Waals surface area (Å²) >= 11 is 0. The van der Waals surface area contributed by atoms with Crippen molar-refractivity contribution >= 4 is 27.4 Å². The number of anilines is 2. The van der Waals surface area contributed by atoms with Crippen LogP contribution in [0.4, 0.5) is 11.4 Å². The van der Waals surface area contributed by atoms with Crippen LogP contribution in [0.2, 0.25) is 0 Å². The number of ether oxygens (including phenoxy) is 1. The second-order valence-corrected chi connectivity index (χ2v) is 6.64. The number of methoxy groups -OCH3 is 1. The van der Waals surface area contributed by atoms with Gasteiger partial charge in [-0.2, -0.15) is 0 Å². The van der Waals surface area contributed by atoms with E-state index in [1.807, 2.05) is 13.8 Å². The quantitative estimate of drug-likeness (QED) is 0.529. The topological polar surface area (TPSA) is 125 Å². The standard InChI is InChI=1S/C13H21N3O4S/c1-8(2)7-10(13(17)20-3)16-9-5-4-6-11(12(9)14)21(15,18)19/h4-6,8,10,16H,7,14H2,1-3H3,(H2,15,18,19). The number of primary sulfonamides is 1. The van der Waals surface area contributed by atoms with E-state index in [0.29, 0.717) is 12.1 Å². The first kappa shape index (κ1) is 17.3. The lowest BCUT2D eigenvalue weighted by Crippen LogP contribution is -2.32. The van der Waals surface area contributed by atoms with Gasteiger partial charge < -0.3 is 15.8 Å². The van der Waals surface area contributed by atoms with Gasteiger partial charge >= 0.3 is 5.97 Å². The van der Waals surface area contributed by atoms with Crippen LogP contribution < -0.4 is 16.2 Å². The first-order chi connectivity index (χ1) is 9.66. The Bertz CT molecular complexity index is 614. The molecule has 1 aromatic carbocycles. The highest BCUT2D eigenvalue weighted by molar-refractivity contribution is 7.89. The average molecular weight is 315 g/mol. The number of hydrogen-bond donors (Lipinski definition) is 3. The summed E-state index contributed by atoms with van der Waals surface area (Å²) in [6, 6.07) is 3.78. The summed E-state index contributed by atoms with van der Waals surface area (Å²) in [5.74, 6) is -0.201.